The lowest BCUT2D eigenvalue weighted by molar-refractivity contribution is 0.0701. The lowest BCUT2D eigenvalue weighted by Crippen LogP contribution is -2.23. The number of nitrogens with zero attached hydrogens (tertiary/aromatic N) is 1. The van der Waals surface area contributed by atoms with E-state index in [1.807, 2.05) is 20.2 Å². The summed E-state index contributed by atoms with van der Waals surface area (Å²) in [4.78, 5) is 13.4. The van der Waals surface area contributed by atoms with Crippen molar-refractivity contribution >= 4 is 17.3 Å². The van der Waals surface area contributed by atoms with E-state index in [2.05, 4.69) is 10.2 Å². The first-order chi connectivity index (χ1) is 8.61. The molecule has 0 saturated carbocycles. The number of carboxylic acid groups (broad SMARTS) is 1. The maximum Gasteiger partial charge on any atom is 0.346 e. The van der Waals surface area contributed by atoms with Gasteiger partial charge in [0.05, 0.1) is 13.2 Å². The van der Waals surface area contributed by atoms with Gasteiger partial charge >= 0.3 is 5.97 Å². The number of carbonyl (C=O) groups is 1. The average molecular weight is 272 g/mol. The minimum atomic E-state index is -0.857. The van der Waals surface area contributed by atoms with E-state index in [0.29, 0.717) is 24.6 Å². The van der Waals surface area contributed by atoms with Gasteiger partial charge < -0.3 is 20.1 Å². The summed E-state index contributed by atoms with van der Waals surface area (Å²) < 4.78 is 5.42. The third-order valence-electron chi connectivity index (χ3n) is 2.36. The van der Waals surface area contributed by atoms with Crippen LogP contribution in [0.25, 0.3) is 0 Å². The molecular weight excluding hydrogens is 252 g/mol. The van der Waals surface area contributed by atoms with Crippen LogP contribution in [0, 0.1) is 0 Å². The molecule has 0 fully saturated rings. The first-order valence-electron chi connectivity index (χ1n) is 5.84. The maximum absolute atomic E-state index is 10.9. The number of rotatable bonds is 9. The molecule has 0 saturated heterocycles. The molecule has 0 amide bonds. The summed E-state index contributed by atoms with van der Waals surface area (Å²) in [7, 11) is 4.01. The second-order valence-electron chi connectivity index (χ2n) is 4.17. The van der Waals surface area contributed by atoms with Crippen molar-refractivity contribution in [3.8, 4) is 0 Å². The van der Waals surface area contributed by atoms with Crippen LogP contribution < -0.4 is 5.32 Å². The number of ether oxygens (including phenoxy) is 1. The minimum Gasteiger partial charge on any atom is -0.477 e. The van der Waals surface area contributed by atoms with Gasteiger partial charge in [0.25, 0.3) is 0 Å². The van der Waals surface area contributed by atoms with Crippen molar-refractivity contribution in [3.05, 3.63) is 21.9 Å². The molecular formula is C12H20N2O3S. The molecule has 0 aliphatic rings. The fraction of sp³-hybridized carbons (Fsp3) is 0.583. The molecule has 0 aromatic carbocycles. The van der Waals surface area contributed by atoms with Crippen LogP contribution in [0.5, 0.6) is 0 Å². The molecule has 2 N–H and O–H groups in total. The van der Waals surface area contributed by atoms with Crippen molar-refractivity contribution in [2.45, 2.75) is 6.54 Å². The van der Waals surface area contributed by atoms with Crippen LogP contribution in [0.4, 0.5) is 0 Å². The van der Waals surface area contributed by atoms with E-state index in [4.69, 9.17) is 9.84 Å². The Hall–Kier alpha value is -0.950. The number of hydrogen-bond acceptors (Lipinski definition) is 5. The van der Waals surface area contributed by atoms with Crippen molar-refractivity contribution in [2.75, 3.05) is 40.4 Å². The Balaban J connectivity index is 2.11. The summed E-state index contributed by atoms with van der Waals surface area (Å²) in [5.74, 6) is -0.857. The smallest absolute Gasteiger partial charge is 0.346 e. The molecule has 1 aromatic rings. The van der Waals surface area contributed by atoms with E-state index in [-0.39, 0.29) is 0 Å². The zero-order valence-electron chi connectivity index (χ0n) is 10.8. The van der Waals surface area contributed by atoms with E-state index in [9.17, 15) is 4.79 Å². The molecule has 1 heterocycles. The van der Waals surface area contributed by atoms with Gasteiger partial charge in [-0.05, 0) is 31.1 Å². The number of thiophene rings is 1. The molecule has 0 atom stereocenters. The quantitative estimate of drug-likeness (QED) is 0.660. The van der Waals surface area contributed by atoms with Crippen molar-refractivity contribution in [2.24, 2.45) is 0 Å². The highest BCUT2D eigenvalue weighted by Gasteiger charge is 2.10. The summed E-state index contributed by atoms with van der Waals surface area (Å²) in [6, 6.07) is 1.84. The largest absolute Gasteiger partial charge is 0.477 e. The number of hydrogen-bond donors (Lipinski definition) is 2. The molecule has 1 rings (SSSR count). The Morgan fingerprint density at radius 3 is 2.94 bits per heavy atom. The van der Waals surface area contributed by atoms with Crippen LogP contribution in [0.3, 0.4) is 0 Å². The normalized spacial score (nSPS) is 11.1. The summed E-state index contributed by atoms with van der Waals surface area (Å²) in [5.41, 5.74) is 0.834. The summed E-state index contributed by atoms with van der Waals surface area (Å²) in [6.45, 7) is 3.56. The lowest BCUT2D eigenvalue weighted by atomic mass is 10.2. The monoisotopic (exact) mass is 272 g/mol. The van der Waals surface area contributed by atoms with Crippen molar-refractivity contribution in [1.29, 1.82) is 0 Å². The van der Waals surface area contributed by atoms with E-state index < -0.39 is 5.97 Å². The molecule has 5 nitrogen and oxygen atoms in total. The Morgan fingerprint density at radius 2 is 2.28 bits per heavy atom. The van der Waals surface area contributed by atoms with Crippen LogP contribution in [0.1, 0.15) is 15.2 Å². The minimum absolute atomic E-state index is 0.413. The van der Waals surface area contributed by atoms with Gasteiger partial charge in [-0.2, -0.15) is 0 Å². The SMILES string of the molecule is CN(C)CCOCCNCc1ccsc1C(=O)O. The van der Waals surface area contributed by atoms with Crippen LogP contribution >= 0.6 is 11.3 Å². The van der Waals surface area contributed by atoms with Crippen LogP contribution in [-0.4, -0.2) is 56.4 Å². The highest BCUT2D eigenvalue weighted by atomic mass is 32.1. The molecule has 0 unspecified atom stereocenters. The third kappa shape index (κ3) is 5.59. The van der Waals surface area contributed by atoms with Crippen LogP contribution in [0.2, 0.25) is 0 Å². The van der Waals surface area contributed by atoms with Gasteiger partial charge in [0.15, 0.2) is 0 Å². The molecule has 102 valence electrons. The molecule has 0 spiro atoms. The first-order valence-corrected chi connectivity index (χ1v) is 6.72. The van der Waals surface area contributed by atoms with Crippen molar-refractivity contribution in [3.63, 3.8) is 0 Å². The highest BCUT2D eigenvalue weighted by Crippen LogP contribution is 2.16. The van der Waals surface area contributed by atoms with Gasteiger partial charge in [0.2, 0.25) is 0 Å². The Labute approximate surface area is 111 Å². The summed E-state index contributed by atoms with van der Waals surface area (Å²) >= 11 is 1.26. The van der Waals surface area contributed by atoms with Crippen molar-refractivity contribution < 1.29 is 14.6 Å². The number of carboxylic acids is 1. The van der Waals surface area contributed by atoms with Gasteiger partial charge in [0, 0.05) is 19.6 Å². The number of aromatic carboxylic acids is 1. The maximum atomic E-state index is 10.9. The fourth-order valence-corrected chi connectivity index (χ4v) is 2.14. The standard InChI is InChI=1S/C12H20N2O3S/c1-14(2)5-7-17-6-4-13-9-10-3-8-18-11(10)12(15)16/h3,8,13H,4-7,9H2,1-2H3,(H,15,16). The van der Waals surface area contributed by atoms with Crippen molar-refractivity contribution in [1.82, 2.24) is 10.2 Å². The predicted molar refractivity (Wildman–Crippen MR) is 72.4 cm³/mol. The van der Waals surface area contributed by atoms with E-state index in [0.717, 1.165) is 18.7 Å². The Kier molecular flexibility index (Phi) is 6.89. The van der Waals surface area contributed by atoms with Gasteiger partial charge in [-0.1, -0.05) is 0 Å². The second kappa shape index (κ2) is 8.20. The molecule has 0 aliphatic carbocycles. The topological polar surface area (TPSA) is 61.8 Å². The van der Waals surface area contributed by atoms with Gasteiger partial charge in [0.1, 0.15) is 4.88 Å². The Bertz CT molecular complexity index is 366. The Morgan fingerprint density at radius 1 is 1.50 bits per heavy atom. The molecule has 0 radical (unpaired) electrons. The lowest BCUT2D eigenvalue weighted by Gasteiger charge is -2.10. The predicted octanol–water partition coefficient (Wildman–Crippen LogP) is 1.11. The number of nitrogens with one attached hydrogen (secondary N) is 1. The van der Waals surface area contributed by atoms with E-state index >= 15 is 0 Å². The van der Waals surface area contributed by atoms with Crippen LogP contribution in [0.15, 0.2) is 11.4 Å². The fourth-order valence-electron chi connectivity index (χ4n) is 1.38. The average Bonchev–Trinajstić information content (AvgIpc) is 2.75. The van der Waals surface area contributed by atoms with Gasteiger partial charge in [-0.25, -0.2) is 4.79 Å². The molecule has 0 bridgehead atoms. The highest BCUT2D eigenvalue weighted by molar-refractivity contribution is 7.12. The summed E-state index contributed by atoms with van der Waals surface area (Å²) in [6.07, 6.45) is 0. The third-order valence-corrected chi connectivity index (χ3v) is 3.31. The zero-order chi connectivity index (χ0) is 13.4. The number of likely N-dealkylation sites (N-methyl/N-ethyl adjacent to an activating group) is 1. The molecule has 0 aliphatic heterocycles. The molecule has 1 aromatic heterocycles. The first kappa shape index (κ1) is 15.1. The second-order valence-corrected chi connectivity index (χ2v) is 5.09. The van der Waals surface area contributed by atoms with Gasteiger partial charge in [-0.15, -0.1) is 11.3 Å². The zero-order valence-corrected chi connectivity index (χ0v) is 11.6. The summed E-state index contributed by atoms with van der Waals surface area (Å²) in [5, 5.41) is 13.9. The molecule has 6 heteroatoms. The molecule has 18 heavy (non-hydrogen) atoms. The van der Waals surface area contributed by atoms with E-state index in [1.54, 1.807) is 5.38 Å². The van der Waals surface area contributed by atoms with E-state index in [1.165, 1.54) is 11.3 Å². The van der Waals surface area contributed by atoms with Gasteiger partial charge in [-0.3, -0.25) is 0 Å². The van der Waals surface area contributed by atoms with Crippen LogP contribution in [-0.2, 0) is 11.3 Å².